The van der Waals surface area contributed by atoms with Crippen LogP contribution in [0.3, 0.4) is 0 Å². The van der Waals surface area contributed by atoms with Crippen LogP contribution in [0.5, 0.6) is 0 Å². The Labute approximate surface area is 78.7 Å². The summed E-state index contributed by atoms with van der Waals surface area (Å²) in [7, 11) is 0. The van der Waals surface area contributed by atoms with E-state index in [1.54, 1.807) is 0 Å². The van der Waals surface area contributed by atoms with Gasteiger partial charge in [-0.2, -0.15) is 0 Å². The molecule has 2 nitrogen and oxygen atoms in total. The van der Waals surface area contributed by atoms with E-state index in [0.717, 1.165) is 32.5 Å². The zero-order valence-corrected chi connectivity index (χ0v) is 8.01. The van der Waals surface area contributed by atoms with Crippen LogP contribution in [0, 0.1) is 5.41 Å². The molecular weight excluding hydrogens is 169 g/mol. The monoisotopic (exact) mass is 187 g/mol. The van der Waals surface area contributed by atoms with Crippen molar-refractivity contribution in [3.63, 3.8) is 0 Å². The average molecular weight is 187 g/mol. The van der Waals surface area contributed by atoms with E-state index in [2.05, 4.69) is 4.90 Å². The molecule has 1 aliphatic carbocycles. The molecule has 1 heterocycles. The first-order valence-electron chi connectivity index (χ1n) is 5.21. The van der Waals surface area contributed by atoms with E-state index < -0.39 is 6.17 Å². The quantitative estimate of drug-likeness (QED) is 0.717. The highest BCUT2D eigenvalue weighted by molar-refractivity contribution is 4.95. The zero-order chi connectivity index (χ0) is 9.31. The Morgan fingerprint density at radius 2 is 1.92 bits per heavy atom. The Kier molecular flexibility index (Phi) is 2.56. The first-order valence-corrected chi connectivity index (χ1v) is 5.21. The standard InChI is InChI=1S/C10H18FNO/c11-9-1-5-12(6-2-9)7-10(8-13)3-4-10/h9,13H,1-8H2. The Morgan fingerprint density at radius 3 is 2.38 bits per heavy atom. The molecule has 0 amide bonds. The van der Waals surface area contributed by atoms with Gasteiger partial charge in [-0.05, 0) is 25.7 Å². The highest BCUT2D eigenvalue weighted by atomic mass is 19.1. The van der Waals surface area contributed by atoms with Crippen molar-refractivity contribution in [1.29, 1.82) is 0 Å². The van der Waals surface area contributed by atoms with Crippen LogP contribution in [-0.4, -0.2) is 42.4 Å². The number of hydrogen-bond donors (Lipinski definition) is 1. The second-order valence-corrected chi connectivity index (χ2v) is 4.61. The van der Waals surface area contributed by atoms with Crippen LogP contribution >= 0.6 is 0 Å². The van der Waals surface area contributed by atoms with Crippen molar-refractivity contribution in [3.05, 3.63) is 0 Å². The number of likely N-dealkylation sites (tertiary alicyclic amines) is 1. The minimum absolute atomic E-state index is 0.198. The summed E-state index contributed by atoms with van der Waals surface area (Å²) in [5.74, 6) is 0. The topological polar surface area (TPSA) is 23.5 Å². The van der Waals surface area contributed by atoms with Crippen LogP contribution < -0.4 is 0 Å². The molecule has 2 aliphatic rings. The van der Waals surface area contributed by atoms with Crippen molar-refractivity contribution in [1.82, 2.24) is 4.90 Å². The number of hydrogen-bond acceptors (Lipinski definition) is 2. The lowest BCUT2D eigenvalue weighted by atomic mass is 10.0. The largest absolute Gasteiger partial charge is 0.396 e. The zero-order valence-electron chi connectivity index (χ0n) is 8.01. The van der Waals surface area contributed by atoms with Crippen molar-refractivity contribution in [3.8, 4) is 0 Å². The van der Waals surface area contributed by atoms with E-state index in [1.807, 2.05) is 0 Å². The van der Waals surface area contributed by atoms with E-state index in [9.17, 15) is 4.39 Å². The Morgan fingerprint density at radius 1 is 1.31 bits per heavy atom. The molecule has 2 rings (SSSR count). The molecule has 0 atom stereocenters. The van der Waals surface area contributed by atoms with E-state index in [4.69, 9.17) is 5.11 Å². The molecule has 76 valence electrons. The van der Waals surface area contributed by atoms with Crippen molar-refractivity contribution >= 4 is 0 Å². The molecule has 1 aliphatic heterocycles. The van der Waals surface area contributed by atoms with Gasteiger partial charge in [0.05, 0.1) is 0 Å². The average Bonchev–Trinajstić information content (AvgIpc) is 2.90. The van der Waals surface area contributed by atoms with Crippen molar-refractivity contribution in [2.24, 2.45) is 5.41 Å². The van der Waals surface area contributed by atoms with Gasteiger partial charge in [-0.3, -0.25) is 0 Å². The summed E-state index contributed by atoms with van der Waals surface area (Å²) in [5.41, 5.74) is 0.198. The van der Waals surface area contributed by atoms with Crippen LogP contribution in [0.1, 0.15) is 25.7 Å². The third kappa shape index (κ3) is 2.20. The number of rotatable bonds is 3. The van der Waals surface area contributed by atoms with Crippen LogP contribution in [0.4, 0.5) is 4.39 Å². The molecule has 1 N–H and O–H groups in total. The van der Waals surface area contributed by atoms with Gasteiger partial charge in [0, 0.05) is 31.7 Å². The van der Waals surface area contributed by atoms with Gasteiger partial charge < -0.3 is 10.0 Å². The van der Waals surface area contributed by atoms with Crippen molar-refractivity contribution in [2.45, 2.75) is 31.9 Å². The number of aliphatic hydroxyl groups is 1. The highest BCUT2D eigenvalue weighted by Crippen LogP contribution is 2.45. The fourth-order valence-electron chi connectivity index (χ4n) is 2.08. The summed E-state index contributed by atoms with van der Waals surface area (Å²) in [4.78, 5) is 2.30. The summed E-state index contributed by atoms with van der Waals surface area (Å²) < 4.78 is 12.8. The molecule has 13 heavy (non-hydrogen) atoms. The Hall–Kier alpha value is -0.150. The summed E-state index contributed by atoms with van der Waals surface area (Å²) in [5, 5.41) is 9.14. The summed E-state index contributed by atoms with van der Waals surface area (Å²) in [6, 6.07) is 0. The van der Waals surface area contributed by atoms with Gasteiger partial charge in [0.25, 0.3) is 0 Å². The minimum atomic E-state index is -0.583. The fraction of sp³-hybridized carbons (Fsp3) is 1.00. The molecule has 0 spiro atoms. The molecule has 1 saturated carbocycles. The molecular formula is C10H18FNO. The van der Waals surface area contributed by atoms with Gasteiger partial charge >= 0.3 is 0 Å². The predicted octanol–water partition coefficient (Wildman–Crippen LogP) is 1.19. The molecule has 1 saturated heterocycles. The maximum atomic E-state index is 12.8. The second-order valence-electron chi connectivity index (χ2n) is 4.61. The van der Waals surface area contributed by atoms with Gasteiger partial charge in [0.1, 0.15) is 6.17 Å². The Balaban J connectivity index is 1.76. The number of alkyl halides is 1. The lowest BCUT2D eigenvalue weighted by molar-refractivity contribution is 0.104. The number of aliphatic hydroxyl groups excluding tert-OH is 1. The lowest BCUT2D eigenvalue weighted by Crippen LogP contribution is -2.39. The third-order valence-electron chi connectivity index (χ3n) is 3.37. The predicted molar refractivity (Wildman–Crippen MR) is 49.3 cm³/mol. The van der Waals surface area contributed by atoms with E-state index in [-0.39, 0.29) is 5.41 Å². The van der Waals surface area contributed by atoms with Crippen LogP contribution in [-0.2, 0) is 0 Å². The summed E-state index contributed by atoms with van der Waals surface area (Å²) >= 11 is 0. The van der Waals surface area contributed by atoms with Gasteiger partial charge in [-0.1, -0.05) is 0 Å². The maximum absolute atomic E-state index is 12.8. The SMILES string of the molecule is OCC1(CN2CCC(F)CC2)CC1. The smallest absolute Gasteiger partial charge is 0.103 e. The molecule has 0 aromatic carbocycles. The minimum Gasteiger partial charge on any atom is -0.396 e. The first kappa shape index (κ1) is 9.41. The second kappa shape index (κ2) is 3.54. The number of halogens is 1. The van der Waals surface area contributed by atoms with Gasteiger partial charge in [0.2, 0.25) is 0 Å². The molecule has 0 radical (unpaired) electrons. The van der Waals surface area contributed by atoms with Crippen molar-refractivity contribution < 1.29 is 9.50 Å². The van der Waals surface area contributed by atoms with E-state index in [1.165, 1.54) is 0 Å². The molecule has 0 aromatic rings. The Bertz CT molecular complexity index is 174. The summed E-state index contributed by atoms with van der Waals surface area (Å²) in [6.45, 7) is 3.05. The lowest BCUT2D eigenvalue weighted by Gasteiger charge is -2.31. The van der Waals surface area contributed by atoms with Crippen LogP contribution in [0.2, 0.25) is 0 Å². The van der Waals surface area contributed by atoms with E-state index >= 15 is 0 Å². The normalized spacial score (nSPS) is 29.1. The van der Waals surface area contributed by atoms with Crippen LogP contribution in [0.15, 0.2) is 0 Å². The number of nitrogens with zero attached hydrogens (tertiary/aromatic N) is 1. The molecule has 0 unspecified atom stereocenters. The highest BCUT2D eigenvalue weighted by Gasteiger charge is 2.43. The van der Waals surface area contributed by atoms with Gasteiger partial charge in [-0.25, -0.2) is 4.39 Å². The van der Waals surface area contributed by atoms with Gasteiger partial charge in [-0.15, -0.1) is 0 Å². The number of piperidine rings is 1. The van der Waals surface area contributed by atoms with Crippen molar-refractivity contribution in [2.75, 3.05) is 26.2 Å². The third-order valence-corrected chi connectivity index (χ3v) is 3.37. The maximum Gasteiger partial charge on any atom is 0.103 e. The van der Waals surface area contributed by atoms with Crippen LogP contribution in [0.25, 0.3) is 0 Å². The van der Waals surface area contributed by atoms with Gasteiger partial charge in [0.15, 0.2) is 0 Å². The molecule has 0 aromatic heterocycles. The fourth-order valence-corrected chi connectivity index (χ4v) is 2.08. The first-order chi connectivity index (χ1) is 6.24. The molecule has 2 fully saturated rings. The summed E-state index contributed by atoms with van der Waals surface area (Å²) in [6.07, 6.45) is 3.08. The molecule has 3 heteroatoms. The molecule has 0 bridgehead atoms. The van der Waals surface area contributed by atoms with E-state index in [0.29, 0.717) is 19.4 Å².